The summed E-state index contributed by atoms with van der Waals surface area (Å²) in [4.78, 5) is 36.5. The lowest BCUT2D eigenvalue weighted by molar-refractivity contribution is -0.143. The molecule has 2 unspecified atom stereocenters. The van der Waals surface area contributed by atoms with E-state index < -0.39 is 24.0 Å². The second-order valence-corrected chi connectivity index (χ2v) is 8.76. The second kappa shape index (κ2) is 11.0. The van der Waals surface area contributed by atoms with E-state index in [-0.39, 0.29) is 30.9 Å². The molecule has 0 heterocycles. The smallest absolute Gasteiger partial charge is 0.407 e. The number of hydrogen-bond donors (Lipinski definition) is 3. The van der Waals surface area contributed by atoms with E-state index >= 15 is 0 Å². The van der Waals surface area contributed by atoms with Gasteiger partial charge < -0.3 is 20.5 Å². The molecule has 176 valence electrons. The Labute approximate surface area is 194 Å². The summed E-state index contributed by atoms with van der Waals surface area (Å²) >= 11 is 0. The van der Waals surface area contributed by atoms with Crippen LogP contribution in [0.3, 0.4) is 0 Å². The summed E-state index contributed by atoms with van der Waals surface area (Å²) in [6.07, 6.45) is 0.661. The van der Waals surface area contributed by atoms with Gasteiger partial charge in [-0.25, -0.2) is 9.59 Å². The van der Waals surface area contributed by atoms with Gasteiger partial charge in [0.1, 0.15) is 12.6 Å². The minimum absolute atomic E-state index is 0.0414. The highest BCUT2D eigenvalue weighted by molar-refractivity contribution is 5.85. The number of hydrogen-bond acceptors (Lipinski definition) is 4. The van der Waals surface area contributed by atoms with Crippen LogP contribution in [0, 0.1) is 11.8 Å². The van der Waals surface area contributed by atoms with E-state index in [1.807, 2.05) is 31.2 Å². The van der Waals surface area contributed by atoms with Crippen molar-refractivity contribution in [3.05, 3.63) is 59.7 Å². The van der Waals surface area contributed by atoms with Crippen LogP contribution in [0.4, 0.5) is 4.79 Å². The number of alkyl carbamates (subject to hydrolysis) is 1. The number of aliphatic carboxylic acids is 1. The number of carbonyl (C=O) groups is 3. The summed E-state index contributed by atoms with van der Waals surface area (Å²) in [6, 6.07) is 15.2. The third-order valence-electron chi connectivity index (χ3n) is 6.07. The van der Waals surface area contributed by atoms with Crippen LogP contribution in [0.25, 0.3) is 11.1 Å². The largest absolute Gasteiger partial charge is 0.480 e. The Morgan fingerprint density at radius 3 is 2.09 bits per heavy atom. The predicted molar refractivity (Wildman–Crippen MR) is 126 cm³/mol. The standard InChI is InChI=1S/C26H32N2O5/c1-4-9-17(24(29)28-23(16(2)3)25(30)31)14-27-26(32)33-15-22-20-12-7-5-10-18(20)19-11-6-8-13-21(19)22/h5-8,10-13,16-17,22-23H,4,9,14-15H2,1-3H3,(H,27,32)(H,28,29)(H,30,31). The summed E-state index contributed by atoms with van der Waals surface area (Å²) in [6.45, 7) is 5.69. The Kier molecular flexibility index (Phi) is 8.09. The van der Waals surface area contributed by atoms with Gasteiger partial charge in [-0.3, -0.25) is 4.79 Å². The van der Waals surface area contributed by atoms with E-state index in [0.29, 0.717) is 6.42 Å². The monoisotopic (exact) mass is 452 g/mol. The maximum atomic E-state index is 12.6. The van der Waals surface area contributed by atoms with Crippen molar-refractivity contribution in [2.45, 2.75) is 45.6 Å². The van der Waals surface area contributed by atoms with Crippen molar-refractivity contribution < 1.29 is 24.2 Å². The first-order valence-electron chi connectivity index (χ1n) is 11.5. The summed E-state index contributed by atoms with van der Waals surface area (Å²) in [5.41, 5.74) is 4.56. The van der Waals surface area contributed by atoms with Crippen molar-refractivity contribution in [2.24, 2.45) is 11.8 Å². The zero-order valence-electron chi connectivity index (χ0n) is 19.3. The Balaban J connectivity index is 1.58. The molecule has 0 bridgehead atoms. The van der Waals surface area contributed by atoms with Crippen LogP contribution in [0.1, 0.15) is 50.7 Å². The number of carboxylic acid groups (broad SMARTS) is 1. The first kappa shape index (κ1) is 24.3. The second-order valence-electron chi connectivity index (χ2n) is 8.76. The van der Waals surface area contributed by atoms with Gasteiger partial charge in [-0.1, -0.05) is 75.7 Å². The first-order valence-corrected chi connectivity index (χ1v) is 11.5. The minimum Gasteiger partial charge on any atom is -0.480 e. The van der Waals surface area contributed by atoms with Crippen molar-refractivity contribution in [1.82, 2.24) is 10.6 Å². The molecule has 0 saturated heterocycles. The van der Waals surface area contributed by atoms with Gasteiger partial charge in [0.15, 0.2) is 0 Å². The van der Waals surface area contributed by atoms with Crippen LogP contribution < -0.4 is 10.6 Å². The molecule has 2 atom stereocenters. The van der Waals surface area contributed by atoms with E-state index in [1.54, 1.807) is 13.8 Å². The van der Waals surface area contributed by atoms with Crippen LogP contribution >= 0.6 is 0 Å². The average Bonchev–Trinajstić information content (AvgIpc) is 3.12. The third-order valence-corrected chi connectivity index (χ3v) is 6.07. The summed E-state index contributed by atoms with van der Waals surface area (Å²) in [5.74, 6) is -2.27. The summed E-state index contributed by atoms with van der Waals surface area (Å²) < 4.78 is 5.53. The molecule has 1 aliphatic carbocycles. The summed E-state index contributed by atoms with van der Waals surface area (Å²) in [7, 11) is 0. The normalized spacial score (nSPS) is 14.2. The van der Waals surface area contributed by atoms with Gasteiger partial charge in [0.05, 0.1) is 5.92 Å². The highest BCUT2D eigenvalue weighted by atomic mass is 16.5. The van der Waals surface area contributed by atoms with Crippen molar-refractivity contribution in [1.29, 1.82) is 0 Å². The number of rotatable bonds is 10. The maximum absolute atomic E-state index is 12.6. The lowest BCUT2D eigenvalue weighted by atomic mass is 9.98. The SMILES string of the molecule is CCCC(CNC(=O)OCC1c2ccccc2-c2ccccc21)C(=O)NC(C(=O)O)C(C)C. The topological polar surface area (TPSA) is 105 Å². The molecule has 0 fully saturated rings. The van der Waals surface area contributed by atoms with E-state index in [9.17, 15) is 19.5 Å². The quantitative estimate of drug-likeness (QED) is 0.502. The number of carbonyl (C=O) groups excluding carboxylic acids is 2. The highest BCUT2D eigenvalue weighted by Crippen LogP contribution is 2.44. The molecule has 7 heteroatoms. The van der Waals surface area contributed by atoms with Crippen molar-refractivity contribution in [2.75, 3.05) is 13.2 Å². The number of ether oxygens (including phenoxy) is 1. The molecule has 2 aromatic rings. The van der Waals surface area contributed by atoms with E-state index in [2.05, 4.69) is 34.9 Å². The number of benzene rings is 2. The maximum Gasteiger partial charge on any atom is 0.407 e. The molecule has 7 nitrogen and oxygen atoms in total. The molecule has 2 amide bonds. The van der Waals surface area contributed by atoms with Crippen molar-refractivity contribution in [3.8, 4) is 11.1 Å². The summed E-state index contributed by atoms with van der Waals surface area (Å²) in [5, 5.41) is 14.6. The molecule has 1 aliphatic rings. The lowest BCUT2D eigenvalue weighted by Crippen LogP contribution is -2.48. The Bertz CT molecular complexity index is 958. The molecular formula is C26H32N2O5. The molecule has 0 radical (unpaired) electrons. The Morgan fingerprint density at radius 2 is 1.58 bits per heavy atom. The highest BCUT2D eigenvalue weighted by Gasteiger charge is 2.30. The van der Waals surface area contributed by atoms with Gasteiger partial charge in [0.2, 0.25) is 5.91 Å². The molecule has 0 saturated carbocycles. The van der Waals surface area contributed by atoms with Crippen LogP contribution in [0.15, 0.2) is 48.5 Å². The predicted octanol–water partition coefficient (Wildman–Crippen LogP) is 4.17. The molecule has 3 N–H and O–H groups in total. The molecule has 0 aliphatic heterocycles. The molecule has 0 spiro atoms. The Hall–Kier alpha value is -3.35. The number of carboxylic acids is 1. The van der Waals surface area contributed by atoms with E-state index in [1.165, 1.54) is 0 Å². The van der Waals surface area contributed by atoms with Gasteiger partial charge in [-0.15, -0.1) is 0 Å². The fourth-order valence-electron chi connectivity index (χ4n) is 4.31. The zero-order valence-corrected chi connectivity index (χ0v) is 19.3. The van der Waals surface area contributed by atoms with Gasteiger partial charge in [0, 0.05) is 12.5 Å². The van der Waals surface area contributed by atoms with Crippen LogP contribution in [-0.2, 0) is 14.3 Å². The van der Waals surface area contributed by atoms with Gasteiger partial charge in [0.25, 0.3) is 0 Å². The molecule has 33 heavy (non-hydrogen) atoms. The minimum atomic E-state index is -1.07. The zero-order chi connectivity index (χ0) is 24.0. The number of amides is 2. The van der Waals surface area contributed by atoms with Crippen LogP contribution in [0.5, 0.6) is 0 Å². The molecule has 2 aromatic carbocycles. The van der Waals surface area contributed by atoms with E-state index in [4.69, 9.17) is 4.74 Å². The van der Waals surface area contributed by atoms with Crippen molar-refractivity contribution in [3.63, 3.8) is 0 Å². The fraction of sp³-hybridized carbons (Fsp3) is 0.423. The fourth-order valence-corrected chi connectivity index (χ4v) is 4.31. The average molecular weight is 453 g/mol. The Morgan fingerprint density at radius 1 is 1.00 bits per heavy atom. The third kappa shape index (κ3) is 5.72. The molecule has 0 aromatic heterocycles. The lowest BCUT2D eigenvalue weighted by Gasteiger charge is -2.22. The van der Waals surface area contributed by atoms with Gasteiger partial charge in [-0.05, 0) is 34.6 Å². The molecule has 3 rings (SSSR count). The van der Waals surface area contributed by atoms with Gasteiger partial charge in [-0.2, -0.15) is 0 Å². The number of nitrogens with one attached hydrogen (secondary N) is 2. The first-order chi connectivity index (χ1) is 15.8. The number of fused-ring (bicyclic) bond motifs is 3. The van der Waals surface area contributed by atoms with Crippen LogP contribution in [-0.4, -0.2) is 42.3 Å². The van der Waals surface area contributed by atoms with Crippen molar-refractivity contribution >= 4 is 18.0 Å². The van der Waals surface area contributed by atoms with Gasteiger partial charge >= 0.3 is 12.1 Å². The van der Waals surface area contributed by atoms with E-state index in [0.717, 1.165) is 28.7 Å². The van der Waals surface area contributed by atoms with Crippen LogP contribution in [0.2, 0.25) is 0 Å². The molecular weight excluding hydrogens is 420 g/mol.